The molecule has 0 spiro atoms. The molecule has 0 bridgehead atoms. The summed E-state index contributed by atoms with van der Waals surface area (Å²) in [5.41, 5.74) is 4.14. The van der Waals surface area contributed by atoms with Crippen LogP contribution in [-0.4, -0.2) is 6.16 Å². The molecule has 3 aromatic carbocycles. The summed E-state index contributed by atoms with van der Waals surface area (Å²) < 4.78 is 0. The Labute approximate surface area is 231 Å². The van der Waals surface area contributed by atoms with Gasteiger partial charge in [0.15, 0.2) is 0 Å². The molecule has 1 unspecified atom stereocenters. The van der Waals surface area contributed by atoms with Gasteiger partial charge in [-0.25, -0.2) is 0 Å². The van der Waals surface area contributed by atoms with Crippen LogP contribution >= 0.6 is 22.8 Å². The highest BCUT2D eigenvalue weighted by atomic mass is 79.9. The number of halogens is 1. The molecule has 0 nitrogen and oxygen atoms in total. The van der Waals surface area contributed by atoms with Crippen LogP contribution in [0.1, 0.15) is 107 Å². The van der Waals surface area contributed by atoms with E-state index in [4.69, 9.17) is 0 Å². The third-order valence-electron chi connectivity index (χ3n) is 7.62. The van der Waals surface area contributed by atoms with Crippen LogP contribution in [0.2, 0.25) is 0 Å². The maximum Gasteiger partial charge on any atom is 0.0451 e. The van der Waals surface area contributed by atoms with Gasteiger partial charge in [-0.05, 0) is 35.7 Å². The van der Waals surface area contributed by atoms with Gasteiger partial charge in [0, 0.05) is 5.41 Å². The third kappa shape index (κ3) is 9.46. The van der Waals surface area contributed by atoms with Crippen LogP contribution in [0.5, 0.6) is 0 Å². The molecule has 0 saturated heterocycles. The molecular weight excluding hydrogens is 519 g/mol. The van der Waals surface area contributed by atoms with E-state index >= 15 is 0 Å². The van der Waals surface area contributed by atoms with E-state index in [0.29, 0.717) is 0 Å². The topological polar surface area (TPSA) is 0 Å². The fourth-order valence-corrected chi connectivity index (χ4v) is 6.85. The van der Waals surface area contributed by atoms with Crippen LogP contribution in [0.3, 0.4) is 0 Å². The van der Waals surface area contributed by atoms with E-state index in [9.17, 15) is 0 Å². The zero-order valence-electron chi connectivity index (χ0n) is 22.1. The van der Waals surface area contributed by atoms with Crippen molar-refractivity contribution in [1.82, 2.24) is 0 Å². The summed E-state index contributed by atoms with van der Waals surface area (Å²) in [7, 11) is 0.958. The Balaban J connectivity index is 1.45. The lowest BCUT2D eigenvalue weighted by Gasteiger charge is -2.36. The molecule has 1 atom stereocenters. The van der Waals surface area contributed by atoms with Crippen molar-refractivity contribution in [2.24, 2.45) is 0 Å². The second-order valence-corrected chi connectivity index (χ2v) is 12.7. The fourth-order valence-electron chi connectivity index (χ4n) is 5.63. The molecule has 3 rings (SSSR count). The van der Waals surface area contributed by atoms with Crippen LogP contribution in [0.15, 0.2) is 91.0 Å². The fraction of sp³-hybridized carbons (Fsp3) is 0.471. The monoisotopic (exact) mass is 564 g/mol. The van der Waals surface area contributed by atoms with Gasteiger partial charge in [-0.15, -0.1) is 0 Å². The van der Waals surface area contributed by atoms with Crippen LogP contribution in [0, 0.1) is 0 Å². The first-order valence-electron chi connectivity index (χ1n) is 14.4. The minimum absolute atomic E-state index is 0.0849. The van der Waals surface area contributed by atoms with Crippen molar-refractivity contribution >= 4 is 22.8 Å². The number of unbranched alkanes of at least 4 members (excludes halogenated alkanes) is 12. The maximum atomic E-state index is 3.55. The number of rotatable bonds is 19. The first-order chi connectivity index (χ1) is 17.9. The van der Waals surface area contributed by atoms with Crippen molar-refractivity contribution in [2.45, 2.75) is 95.3 Å². The third-order valence-corrected chi connectivity index (χ3v) is 9.35. The Morgan fingerprint density at radius 3 is 1.06 bits per heavy atom. The lowest BCUT2D eigenvalue weighted by atomic mass is 9.66. The smallest absolute Gasteiger partial charge is 0.0451 e. The number of benzene rings is 3. The van der Waals surface area contributed by atoms with Gasteiger partial charge in [-0.3, -0.25) is 0 Å². The zero-order valence-corrected chi connectivity index (χ0v) is 24.7. The van der Waals surface area contributed by atoms with Crippen molar-refractivity contribution in [3.8, 4) is 0 Å². The molecule has 0 fully saturated rings. The first-order valence-corrected chi connectivity index (χ1v) is 17.8. The predicted octanol–water partition coefficient (Wildman–Crippen LogP) is 11.5. The van der Waals surface area contributed by atoms with Crippen LogP contribution in [0.4, 0.5) is 0 Å². The van der Waals surface area contributed by atoms with Crippen molar-refractivity contribution in [3.63, 3.8) is 0 Å². The maximum absolute atomic E-state index is 3.55. The molecule has 0 amide bonds. The minimum Gasteiger partial charge on any atom is -0.0642 e. The summed E-state index contributed by atoms with van der Waals surface area (Å²) in [6.07, 6.45) is 20.7. The molecule has 0 saturated carbocycles. The molecule has 194 valence electrons. The molecule has 0 radical (unpaired) electrons. The van der Waals surface area contributed by atoms with Gasteiger partial charge < -0.3 is 0 Å². The number of hydrogen-bond acceptors (Lipinski definition) is 0. The van der Waals surface area contributed by atoms with Crippen LogP contribution < -0.4 is 0 Å². The van der Waals surface area contributed by atoms with Gasteiger partial charge in [0.05, 0.1) is 0 Å². The molecule has 0 aromatic heterocycles. The van der Waals surface area contributed by atoms with E-state index < -0.39 is 0 Å². The van der Waals surface area contributed by atoms with Gasteiger partial charge in [0.2, 0.25) is 0 Å². The average Bonchev–Trinajstić information content (AvgIpc) is 2.94. The molecule has 0 aliphatic carbocycles. The predicted molar refractivity (Wildman–Crippen MR) is 166 cm³/mol. The molecule has 0 N–H and O–H groups in total. The molecule has 2 heteroatoms. The largest absolute Gasteiger partial charge is 0.0642 e. The Kier molecular flexibility index (Phi) is 14.5. The Morgan fingerprint density at radius 2 is 0.722 bits per heavy atom. The summed E-state index contributed by atoms with van der Waals surface area (Å²) in [4.78, 5) is 0. The van der Waals surface area contributed by atoms with Crippen molar-refractivity contribution in [2.75, 3.05) is 6.16 Å². The van der Waals surface area contributed by atoms with Gasteiger partial charge >= 0.3 is 0 Å². The highest BCUT2D eigenvalue weighted by Crippen LogP contribution is 2.43. The molecule has 0 aliphatic rings. The molecular formula is C34H46BrP. The summed E-state index contributed by atoms with van der Waals surface area (Å²) in [6.45, 7) is 0. The van der Waals surface area contributed by atoms with Crippen molar-refractivity contribution in [3.05, 3.63) is 108 Å². The van der Waals surface area contributed by atoms with Gasteiger partial charge in [-0.2, -0.15) is 0 Å². The molecule has 0 heterocycles. The normalized spacial score (nSPS) is 11.9. The van der Waals surface area contributed by atoms with Gasteiger partial charge in [0.1, 0.15) is 0 Å². The number of hydrogen-bond donors (Lipinski definition) is 0. The lowest BCUT2D eigenvalue weighted by Crippen LogP contribution is -2.29. The SMILES string of the molecule is BrPCCCCCCCCCCCCCCCC(c1ccccc1)(c1ccccc1)c1ccccc1. The quantitative estimate of drug-likeness (QED) is 0.0770. The van der Waals surface area contributed by atoms with Gasteiger partial charge in [-0.1, -0.05) is 191 Å². The van der Waals surface area contributed by atoms with Gasteiger partial charge in [0.25, 0.3) is 0 Å². The molecule has 36 heavy (non-hydrogen) atoms. The van der Waals surface area contributed by atoms with E-state index in [1.54, 1.807) is 0 Å². The Hall–Kier alpha value is -1.43. The van der Waals surface area contributed by atoms with E-state index in [1.807, 2.05) is 0 Å². The molecule has 0 aliphatic heterocycles. The summed E-state index contributed by atoms with van der Waals surface area (Å²) >= 11 is 3.55. The Bertz CT molecular complexity index is 813. The van der Waals surface area contributed by atoms with E-state index in [1.165, 1.54) is 106 Å². The standard InChI is InChI=1S/C34H46BrP/c35-36-30-22-11-9-7-5-3-1-2-4-6-8-10-21-29-34(31-23-15-12-16-24-31,32-25-17-13-18-26-32)33-27-19-14-20-28-33/h12-20,23-28,36H,1-11,21-22,29-30H2. The van der Waals surface area contributed by atoms with E-state index in [2.05, 4.69) is 106 Å². The summed E-state index contributed by atoms with van der Waals surface area (Å²) in [6, 6.07) is 33.5. The zero-order chi connectivity index (χ0) is 25.2. The van der Waals surface area contributed by atoms with E-state index in [-0.39, 0.29) is 5.41 Å². The van der Waals surface area contributed by atoms with Crippen LogP contribution in [-0.2, 0) is 5.41 Å². The highest BCUT2D eigenvalue weighted by molar-refractivity contribution is 9.36. The van der Waals surface area contributed by atoms with Crippen LogP contribution in [0.25, 0.3) is 0 Å². The second-order valence-electron chi connectivity index (χ2n) is 10.2. The first kappa shape index (κ1) is 29.1. The Morgan fingerprint density at radius 1 is 0.417 bits per heavy atom. The molecule has 3 aromatic rings. The van der Waals surface area contributed by atoms with Crippen molar-refractivity contribution in [1.29, 1.82) is 0 Å². The lowest BCUT2D eigenvalue weighted by molar-refractivity contribution is 0.491. The van der Waals surface area contributed by atoms with Crippen molar-refractivity contribution < 1.29 is 0 Å². The average molecular weight is 566 g/mol. The highest BCUT2D eigenvalue weighted by Gasteiger charge is 2.35. The summed E-state index contributed by atoms with van der Waals surface area (Å²) in [5, 5.41) is 0. The second kappa shape index (κ2) is 17.9. The van der Waals surface area contributed by atoms with E-state index in [0.717, 1.165) is 13.7 Å². The minimum atomic E-state index is -0.0849. The summed E-state index contributed by atoms with van der Waals surface area (Å²) in [5.74, 6) is 0.